The van der Waals surface area contributed by atoms with E-state index >= 15 is 0 Å². The summed E-state index contributed by atoms with van der Waals surface area (Å²) in [7, 11) is 2.14. The molecule has 0 atom stereocenters. The molecule has 0 bridgehead atoms. The molecule has 0 aliphatic carbocycles. The van der Waals surface area contributed by atoms with Gasteiger partial charge in [-0.1, -0.05) is 23.2 Å². The molecule has 2 aliphatic rings. The Labute approximate surface area is 244 Å². The number of halogens is 2. The molecule has 2 fully saturated rings. The van der Waals surface area contributed by atoms with Crippen molar-refractivity contribution in [3.05, 3.63) is 64.3 Å². The molecule has 2 saturated heterocycles. The predicted octanol–water partition coefficient (Wildman–Crippen LogP) is 5.47. The number of piperazine rings is 1. The maximum absolute atomic E-state index is 10.8. The minimum Gasteiger partial charge on any atom is -0.465 e. The summed E-state index contributed by atoms with van der Waals surface area (Å²) >= 11 is 12.6. The molecular weight excluding hydrogens is 551 g/mol. The summed E-state index contributed by atoms with van der Waals surface area (Å²) < 4.78 is 6.21. The van der Waals surface area contributed by atoms with E-state index in [0.717, 1.165) is 81.3 Å². The van der Waals surface area contributed by atoms with Crippen LogP contribution in [0, 0.1) is 5.92 Å². The fourth-order valence-corrected chi connectivity index (χ4v) is 5.69. The number of nitrogens with one attached hydrogen (secondary N) is 1. The van der Waals surface area contributed by atoms with Crippen molar-refractivity contribution in [3.63, 3.8) is 0 Å². The number of ether oxygens (including phenoxy) is 1. The zero-order valence-electron chi connectivity index (χ0n) is 22.5. The number of anilines is 1. The number of likely N-dealkylation sites (N-methyl/N-ethyl adjacent to an activating group) is 1. The normalized spacial score (nSPS) is 17.1. The molecule has 212 valence electrons. The maximum Gasteiger partial charge on any atom is 0.404 e. The van der Waals surface area contributed by atoms with Crippen LogP contribution < -0.4 is 15.0 Å². The van der Waals surface area contributed by atoms with Crippen molar-refractivity contribution >= 4 is 35.1 Å². The number of likely N-dealkylation sites (tertiary alicyclic amines) is 1. The van der Waals surface area contributed by atoms with Gasteiger partial charge in [-0.15, -0.1) is 0 Å². The Morgan fingerprint density at radius 2 is 1.75 bits per heavy atom. The van der Waals surface area contributed by atoms with Gasteiger partial charge >= 0.3 is 6.09 Å². The highest BCUT2D eigenvalue weighted by Gasteiger charge is 2.21. The van der Waals surface area contributed by atoms with Crippen molar-refractivity contribution in [2.45, 2.75) is 19.4 Å². The van der Waals surface area contributed by atoms with Gasteiger partial charge in [-0.2, -0.15) is 0 Å². The van der Waals surface area contributed by atoms with Gasteiger partial charge in [0.2, 0.25) is 5.88 Å². The van der Waals surface area contributed by atoms with Crippen LogP contribution in [0.15, 0.2) is 48.7 Å². The molecule has 0 radical (unpaired) electrons. The van der Waals surface area contributed by atoms with Gasteiger partial charge in [0.1, 0.15) is 11.6 Å². The Balaban J connectivity index is 1.32. The van der Waals surface area contributed by atoms with E-state index in [1.807, 2.05) is 36.4 Å². The topological polar surface area (TPSA) is 94.1 Å². The first-order valence-corrected chi connectivity index (χ1v) is 14.3. The van der Waals surface area contributed by atoms with Crippen LogP contribution in [0.2, 0.25) is 10.0 Å². The van der Waals surface area contributed by atoms with Gasteiger partial charge in [0.15, 0.2) is 0 Å². The standard InChI is InChI=1S/C29H34Cl2N6O3/c1-35-8-10-37(11-9-35)27-3-2-25(18-32-27)40-28-13-21(12-26(34-28)22-14-23(30)16-24(31)15-22)19-36-6-4-20(5-7-36)17-33-29(38)39/h2-3,12-16,18,20,33H,4-11,17,19H2,1H3,(H,38,39). The largest absolute Gasteiger partial charge is 0.465 e. The molecule has 5 rings (SSSR count). The van der Waals surface area contributed by atoms with Crippen LogP contribution in [0.3, 0.4) is 0 Å². The first kappa shape index (κ1) is 28.4. The number of amides is 1. The molecule has 1 amide bonds. The van der Waals surface area contributed by atoms with E-state index < -0.39 is 6.09 Å². The average Bonchev–Trinajstić information content (AvgIpc) is 2.93. The number of hydrogen-bond acceptors (Lipinski definition) is 7. The Morgan fingerprint density at radius 3 is 2.40 bits per heavy atom. The van der Waals surface area contributed by atoms with Crippen LogP contribution in [-0.4, -0.2) is 83.8 Å². The van der Waals surface area contributed by atoms with E-state index in [4.69, 9.17) is 38.0 Å². The molecule has 2 aliphatic heterocycles. The second-order valence-electron chi connectivity index (χ2n) is 10.5. The van der Waals surface area contributed by atoms with E-state index in [2.05, 4.69) is 32.0 Å². The van der Waals surface area contributed by atoms with Crippen molar-refractivity contribution < 1.29 is 14.6 Å². The van der Waals surface area contributed by atoms with Gasteiger partial charge in [-0.25, -0.2) is 14.8 Å². The van der Waals surface area contributed by atoms with Gasteiger partial charge in [-0.3, -0.25) is 4.90 Å². The molecule has 1 aromatic carbocycles. The van der Waals surface area contributed by atoms with Crippen molar-refractivity contribution in [3.8, 4) is 22.9 Å². The summed E-state index contributed by atoms with van der Waals surface area (Å²) in [5.74, 6) is 2.38. The zero-order valence-corrected chi connectivity index (χ0v) is 24.0. The predicted molar refractivity (Wildman–Crippen MR) is 158 cm³/mol. The first-order chi connectivity index (χ1) is 19.3. The quantitative estimate of drug-likeness (QED) is 0.360. The molecule has 40 heavy (non-hydrogen) atoms. The van der Waals surface area contributed by atoms with Gasteiger partial charge in [0, 0.05) is 60.9 Å². The molecule has 2 aromatic heterocycles. The number of hydrogen-bond donors (Lipinski definition) is 2. The molecule has 11 heteroatoms. The number of aromatic nitrogens is 2. The van der Waals surface area contributed by atoms with Gasteiger partial charge < -0.3 is 25.0 Å². The smallest absolute Gasteiger partial charge is 0.404 e. The van der Waals surface area contributed by atoms with Gasteiger partial charge in [-0.05, 0) is 80.9 Å². The Morgan fingerprint density at radius 1 is 1.02 bits per heavy atom. The third-order valence-corrected chi connectivity index (χ3v) is 7.88. The van der Waals surface area contributed by atoms with E-state index in [1.165, 1.54) is 0 Å². The lowest BCUT2D eigenvalue weighted by atomic mass is 9.96. The van der Waals surface area contributed by atoms with Crippen molar-refractivity contribution in [2.75, 3.05) is 57.8 Å². The Bertz CT molecular complexity index is 1290. The summed E-state index contributed by atoms with van der Waals surface area (Å²) in [6.45, 7) is 6.94. The summed E-state index contributed by atoms with van der Waals surface area (Å²) in [6, 6.07) is 13.3. The average molecular weight is 586 g/mol. The number of pyridine rings is 2. The Kier molecular flexibility index (Phi) is 9.26. The van der Waals surface area contributed by atoms with E-state index in [-0.39, 0.29) is 0 Å². The molecule has 0 spiro atoms. The molecule has 3 aromatic rings. The number of carboxylic acid groups (broad SMARTS) is 1. The molecule has 2 N–H and O–H groups in total. The van der Waals surface area contributed by atoms with Crippen LogP contribution in [-0.2, 0) is 6.54 Å². The second kappa shape index (κ2) is 13.0. The lowest BCUT2D eigenvalue weighted by Gasteiger charge is -2.33. The lowest BCUT2D eigenvalue weighted by molar-refractivity contribution is 0.166. The highest BCUT2D eigenvalue weighted by molar-refractivity contribution is 6.35. The van der Waals surface area contributed by atoms with Gasteiger partial charge in [0.25, 0.3) is 0 Å². The molecule has 0 unspecified atom stereocenters. The SMILES string of the molecule is CN1CCN(c2ccc(Oc3cc(CN4CCC(CNC(=O)O)CC4)cc(-c4cc(Cl)cc(Cl)c4)n3)cn2)CC1. The first-order valence-electron chi connectivity index (χ1n) is 13.5. The van der Waals surface area contributed by atoms with E-state index in [1.54, 1.807) is 12.3 Å². The fraction of sp³-hybridized carbons (Fsp3) is 0.414. The Hall–Kier alpha value is -3.11. The summed E-state index contributed by atoms with van der Waals surface area (Å²) in [4.78, 5) is 27.2. The highest BCUT2D eigenvalue weighted by atomic mass is 35.5. The number of benzene rings is 1. The van der Waals surface area contributed by atoms with Crippen molar-refractivity contribution in [2.24, 2.45) is 5.92 Å². The van der Waals surface area contributed by atoms with E-state index in [9.17, 15) is 4.79 Å². The molecule has 9 nitrogen and oxygen atoms in total. The monoisotopic (exact) mass is 584 g/mol. The highest BCUT2D eigenvalue weighted by Crippen LogP contribution is 2.31. The third kappa shape index (κ3) is 7.75. The fourth-order valence-electron chi connectivity index (χ4n) is 5.17. The van der Waals surface area contributed by atoms with Crippen LogP contribution in [0.25, 0.3) is 11.3 Å². The minimum atomic E-state index is -0.968. The zero-order chi connectivity index (χ0) is 28.1. The number of piperidine rings is 1. The summed E-state index contributed by atoms with van der Waals surface area (Å²) in [6.07, 6.45) is 2.66. The van der Waals surface area contributed by atoms with Gasteiger partial charge in [0.05, 0.1) is 11.9 Å². The molecular formula is C29H34Cl2N6O3. The van der Waals surface area contributed by atoms with Crippen LogP contribution in [0.1, 0.15) is 18.4 Å². The minimum absolute atomic E-state index is 0.356. The summed E-state index contributed by atoms with van der Waals surface area (Å²) in [5.41, 5.74) is 2.59. The maximum atomic E-state index is 10.8. The number of nitrogens with zero attached hydrogens (tertiary/aromatic N) is 5. The van der Waals surface area contributed by atoms with Crippen LogP contribution in [0.4, 0.5) is 10.6 Å². The van der Waals surface area contributed by atoms with Crippen molar-refractivity contribution in [1.82, 2.24) is 25.1 Å². The third-order valence-electron chi connectivity index (χ3n) is 7.45. The summed E-state index contributed by atoms with van der Waals surface area (Å²) in [5, 5.41) is 12.5. The molecule has 4 heterocycles. The van der Waals surface area contributed by atoms with Crippen LogP contribution >= 0.6 is 23.2 Å². The van der Waals surface area contributed by atoms with Crippen molar-refractivity contribution in [1.29, 1.82) is 0 Å². The second-order valence-corrected chi connectivity index (χ2v) is 11.4. The lowest BCUT2D eigenvalue weighted by Crippen LogP contribution is -2.44. The van der Waals surface area contributed by atoms with Crippen LogP contribution in [0.5, 0.6) is 11.6 Å². The van der Waals surface area contributed by atoms with E-state index in [0.29, 0.717) is 34.1 Å². The number of rotatable bonds is 8. The number of carbonyl (C=O) groups is 1. The molecule has 0 saturated carbocycles.